The molecule has 0 saturated carbocycles. The summed E-state index contributed by atoms with van der Waals surface area (Å²) in [6, 6.07) is 18.5. The molecule has 37 heavy (non-hydrogen) atoms. The number of fused-ring (bicyclic) bond motifs is 1. The topological polar surface area (TPSA) is 90.4 Å². The van der Waals surface area contributed by atoms with Gasteiger partial charge in [0, 0.05) is 95.0 Å². The van der Waals surface area contributed by atoms with Crippen LogP contribution in [0, 0.1) is 37.7 Å². The van der Waals surface area contributed by atoms with Crippen LogP contribution in [0.5, 0.6) is 5.75 Å². The third-order valence-corrected chi connectivity index (χ3v) is 7.85. The summed E-state index contributed by atoms with van der Waals surface area (Å²) in [6.07, 6.45) is 0.871. The first-order valence-electron chi connectivity index (χ1n) is 11.9. The van der Waals surface area contributed by atoms with Crippen LogP contribution >= 0.6 is 0 Å². The fourth-order valence-corrected chi connectivity index (χ4v) is 5.41. The molecule has 0 amide bonds. The minimum Gasteiger partial charge on any atom is -0.494 e. The molecule has 0 fully saturated rings. The van der Waals surface area contributed by atoms with E-state index >= 15 is 0 Å². The Morgan fingerprint density at radius 3 is 2.30 bits per heavy atom. The van der Waals surface area contributed by atoms with E-state index in [-0.39, 0.29) is 55.6 Å². The number of benzene rings is 3. The normalized spacial score (nSPS) is 11.5. The summed E-state index contributed by atoms with van der Waals surface area (Å²) in [4.78, 5) is 14.9. The molecule has 0 bridgehead atoms. The van der Waals surface area contributed by atoms with Gasteiger partial charge in [0.25, 0.3) is 0 Å². The molecule has 0 aliphatic rings. The van der Waals surface area contributed by atoms with Gasteiger partial charge in [0.15, 0.2) is 0 Å². The van der Waals surface area contributed by atoms with Crippen molar-refractivity contribution in [3.05, 3.63) is 66.2 Å². The number of sulfonamides is 1. The molecule has 10 heteroatoms. The molecular formula is C27H35ArN3O5S. The number of carbonyl (C=O) groups is 1. The largest absolute Gasteiger partial charge is 0.494 e. The van der Waals surface area contributed by atoms with Crippen LogP contribution < -0.4 is 9.64 Å². The molecular weight excluding hydrogens is 518 g/mol. The van der Waals surface area contributed by atoms with Gasteiger partial charge in [0.1, 0.15) is 5.75 Å². The number of hydrogen-bond donors (Lipinski definition) is 1. The molecule has 3 aromatic carbocycles. The first-order valence-corrected chi connectivity index (χ1v) is 13.3. The standard InChI is InChI=1S/C27H35N3O5S.Ar/c1-28(2)25-13-6-12-24-23(25)11-7-14-26(24)36(33,34)30(4)20-21-9-5-10-22(19-21)35-18-8-16-29(3)17-15-27(31)32;/h5-7,9-14,19H,8,15-18,20H2,1-4H3,(H,31,32);. The van der Waals surface area contributed by atoms with Crippen LogP contribution in [0.15, 0.2) is 65.6 Å². The van der Waals surface area contributed by atoms with Crippen molar-refractivity contribution in [2.45, 2.75) is 24.3 Å². The van der Waals surface area contributed by atoms with Gasteiger partial charge < -0.3 is 19.6 Å². The van der Waals surface area contributed by atoms with Crippen LogP contribution in [0.4, 0.5) is 5.69 Å². The van der Waals surface area contributed by atoms with E-state index < -0.39 is 16.0 Å². The number of ether oxygens (including phenoxy) is 1. The number of carboxylic acid groups (broad SMARTS) is 1. The van der Waals surface area contributed by atoms with Gasteiger partial charge in [0.2, 0.25) is 10.0 Å². The number of nitrogens with zero attached hydrogens (tertiary/aromatic N) is 3. The molecule has 0 spiro atoms. The Balaban J connectivity index is 0.00000481. The van der Waals surface area contributed by atoms with Crippen molar-refractivity contribution in [3.63, 3.8) is 0 Å². The summed E-state index contributed by atoms with van der Waals surface area (Å²) in [6.45, 7) is 1.92. The van der Waals surface area contributed by atoms with Crippen LogP contribution in [-0.4, -0.2) is 76.6 Å². The number of carboxylic acids is 1. The fourth-order valence-electron chi connectivity index (χ4n) is 4.05. The number of anilines is 1. The minimum absolute atomic E-state index is 0. The molecule has 0 atom stereocenters. The molecule has 202 valence electrons. The molecule has 0 aliphatic carbocycles. The second-order valence-corrected chi connectivity index (χ2v) is 11.1. The Hall–Kier alpha value is -1.88. The van der Waals surface area contributed by atoms with Gasteiger partial charge in [-0.25, -0.2) is 8.42 Å². The van der Waals surface area contributed by atoms with Gasteiger partial charge in [-0.3, -0.25) is 4.79 Å². The second-order valence-electron chi connectivity index (χ2n) is 9.08. The average Bonchev–Trinajstić information content (AvgIpc) is 2.84. The molecule has 3 rings (SSSR count). The van der Waals surface area contributed by atoms with E-state index in [9.17, 15) is 13.2 Å². The van der Waals surface area contributed by atoms with E-state index in [4.69, 9.17) is 9.84 Å². The van der Waals surface area contributed by atoms with E-state index in [1.807, 2.05) is 79.5 Å². The first-order chi connectivity index (χ1) is 17.1. The van der Waals surface area contributed by atoms with Crippen molar-refractivity contribution in [3.8, 4) is 5.75 Å². The van der Waals surface area contributed by atoms with E-state index in [1.54, 1.807) is 19.2 Å². The zero-order valence-corrected chi connectivity index (χ0v) is 23.2. The van der Waals surface area contributed by atoms with Crippen molar-refractivity contribution < 1.29 is 60.8 Å². The number of hydrogen-bond acceptors (Lipinski definition) is 6. The van der Waals surface area contributed by atoms with E-state index in [0.717, 1.165) is 29.6 Å². The van der Waals surface area contributed by atoms with Crippen LogP contribution in [0.1, 0.15) is 18.4 Å². The zero-order chi connectivity index (χ0) is 26.3. The SMILES string of the molecule is CN(CCCOc1cccc(CN(C)S(=O)(=O)c2cccc3c(N(C)C)cccc23)c1)CCC(=O)O.[Ar]. The summed E-state index contributed by atoms with van der Waals surface area (Å²) >= 11 is 0. The van der Waals surface area contributed by atoms with Crippen LogP contribution in [0.3, 0.4) is 0 Å². The predicted octanol–water partition coefficient (Wildman–Crippen LogP) is 3.90. The third kappa shape index (κ3) is 8.56. The molecule has 0 unspecified atom stereocenters. The summed E-state index contributed by atoms with van der Waals surface area (Å²) in [5.41, 5.74) is 1.79. The van der Waals surface area contributed by atoms with Crippen molar-refractivity contribution >= 4 is 32.5 Å². The maximum Gasteiger partial charge on any atom is 0.304 e. The maximum atomic E-state index is 13.5. The average molecular weight is 554 g/mol. The van der Waals surface area contributed by atoms with E-state index in [0.29, 0.717) is 24.3 Å². The summed E-state index contributed by atoms with van der Waals surface area (Å²) in [5.74, 6) is -0.132. The monoisotopic (exact) mass is 553 g/mol. The van der Waals surface area contributed by atoms with E-state index in [2.05, 4.69) is 0 Å². The zero-order valence-electron chi connectivity index (χ0n) is 21.7. The Bertz CT molecular complexity index is 1300. The third-order valence-electron chi connectivity index (χ3n) is 5.99. The van der Waals surface area contributed by atoms with Gasteiger partial charge in [-0.1, -0.05) is 36.4 Å². The fraction of sp³-hybridized carbons (Fsp3) is 0.370. The smallest absolute Gasteiger partial charge is 0.304 e. The van der Waals surface area contributed by atoms with Gasteiger partial charge in [-0.15, -0.1) is 0 Å². The Labute approximate surface area is 249 Å². The Morgan fingerprint density at radius 1 is 0.919 bits per heavy atom. The molecule has 0 heterocycles. The first kappa shape index (κ1) is 31.3. The summed E-state index contributed by atoms with van der Waals surface area (Å²) in [5, 5.41) is 10.4. The van der Waals surface area contributed by atoms with Gasteiger partial charge >= 0.3 is 5.97 Å². The quantitative estimate of drug-likeness (QED) is 0.321. The second kappa shape index (κ2) is 14.3. The minimum atomic E-state index is -3.73. The Kier molecular flexibility index (Phi) is 12.1. The molecule has 1 N–H and O–H groups in total. The predicted molar refractivity (Wildman–Crippen MR) is 143 cm³/mol. The summed E-state index contributed by atoms with van der Waals surface area (Å²) < 4.78 is 34.3. The molecule has 0 radical (unpaired) electrons. The maximum absolute atomic E-state index is 13.5. The molecule has 3 aromatic rings. The molecule has 0 aliphatic heterocycles. The van der Waals surface area contributed by atoms with Crippen molar-refractivity contribution in [1.82, 2.24) is 9.21 Å². The number of rotatable bonds is 13. The molecule has 0 aromatic heterocycles. The van der Waals surface area contributed by atoms with Crippen molar-refractivity contribution in [1.29, 1.82) is 0 Å². The van der Waals surface area contributed by atoms with Crippen LogP contribution in [-0.2, 0) is 21.4 Å². The molecule has 0 saturated heterocycles. The van der Waals surface area contributed by atoms with E-state index in [1.165, 1.54) is 4.31 Å². The van der Waals surface area contributed by atoms with Gasteiger partial charge in [0.05, 0.1) is 17.9 Å². The molecule has 8 nitrogen and oxygen atoms in total. The number of aliphatic carboxylic acids is 1. The van der Waals surface area contributed by atoms with Crippen molar-refractivity contribution in [2.75, 3.05) is 52.8 Å². The Morgan fingerprint density at radius 2 is 1.59 bits per heavy atom. The van der Waals surface area contributed by atoms with Crippen molar-refractivity contribution in [2.24, 2.45) is 0 Å². The van der Waals surface area contributed by atoms with Crippen LogP contribution in [0.2, 0.25) is 0 Å². The summed E-state index contributed by atoms with van der Waals surface area (Å²) in [7, 11) is 3.62. The van der Waals surface area contributed by atoms with Gasteiger partial charge in [-0.05, 0) is 43.3 Å². The van der Waals surface area contributed by atoms with Gasteiger partial charge in [-0.2, -0.15) is 4.31 Å². The van der Waals surface area contributed by atoms with Crippen LogP contribution in [0.25, 0.3) is 10.8 Å².